The number of aliphatic carboxylic acids is 1. The maximum Gasteiger partial charge on any atom is 0.317 e. The molecule has 7 heteroatoms. The number of carboxylic acids is 1. The quantitative estimate of drug-likeness (QED) is 0.737. The van der Waals surface area contributed by atoms with E-state index in [4.69, 9.17) is 9.84 Å². The van der Waals surface area contributed by atoms with Crippen LogP contribution in [0.25, 0.3) is 0 Å². The normalized spacial score (nSPS) is 14.8. The number of carbonyl (C=O) groups excluding carboxylic acids is 1. The summed E-state index contributed by atoms with van der Waals surface area (Å²) in [6.45, 7) is 4.45. The van der Waals surface area contributed by atoms with Crippen LogP contribution in [-0.4, -0.2) is 64.0 Å². The lowest BCUT2D eigenvalue weighted by Gasteiger charge is -2.37. The Labute approximate surface area is 170 Å². The van der Waals surface area contributed by atoms with E-state index in [1.165, 1.54) is 0 Å². The average molecular weight is 397 g/mol. The number of aromatic nitrogens is 1. The minimum absolute atomic E-state index is 0.00502. The van der Waals surface area contributed by atoms with Crippen LogP contribution in [0.5, 0.6) is 5.75 Å². The fourth-order valence-corrected chi connectivity index (χ4v) is 3.63. The van der Waals surface area contributed by atoms with Crippen LogP contribution >= 0.6 is 0 Å². The molecule has 1 fully saturated rings. The van der Waals surface area contributed by atoms with Crippen LogP contribution in [-0.2, 0) is 11.4 Å². The fourth-order valence-electron chi connectivity index (χ4n) is 3.63. The molecule has 29 heavy (non-hydrogen) atoms. The molecule has 154 valence electrons. The topological polar surface area (TPSA) is 83.0 Å². The molecule has 7 nitrogen and oxygen atoms in total. The smallest absolute Gasteiger partial charge is 0.317 e. The van der Waals surface area contributed by atoms with E-state index in [9.17, 15) is 9.59 Å². The van der Waals surface area contributed by atoms with Crippen LogP contribution < -0.4 is 4.74 Å². The molecule has 2 heterocycles. The largest absolute Gasteiger partial charge is 0.489 e. The van der Waals surface area contributed by atoms with E-state index in [1.54, 1.807) is 24.5 Å². The predicted molar refractivity (Wildman–Crippen MR) is 109 cm³/mol. The van der Waals surface area contributed by atoms with Gasteiger partial charge in [0.25, 0.3) is 5.91 Å². The molecule has 2 aromatic rings. The van der Waals surface area contributed by atoms with Gasteiger partial charge in [-0.3, -0.25) is 19.5 Å². The third-order valence-corrected chi connectivity index (χ3v) is 5.27. The highest BCUT2D eigenvalue weighted by Crippen LogP contribution is 2.20. The summed E-state index contributed by atoms with van der Waals surface area (Å²) in [5.74, 6) is -0.0914. The van der Waals surface area contributed by atoms with Gasteiger partial charge in [0, 0.05) is 37.1 Å². The summed E-state index contributed by atoms with van der Waals surface area (Å²) in [6, 6.07) is 11.2. The molecule has 3 rings (SSSR count). The van der Waals surface area contributed by atoms with E-state index in [-0.39, 0.29) is 18.5 Å². The molecule has 1 aliphatic heterocycles. The van der Waals surface area contributed by atoms with Gasteiger partial charge in [-0.15, -0.1) is 0 Å². The number of hydrogen-bond acceptors (Lipinski definition) is 5. The van der Waals surface area contributed by atoms with E-state index in [0.29, 0.717) is 37.6 Å². The van der Waals surface area contributed by atoms with Gasteiger partial charge in [0.05, 0.1) is 6.54 Å². The van der Waals surface area contributed by atoms with Gasteiger partial charge in [0.1, 0.15) is 12.4 Å². The van der Waals surface area contributed by atoms with Crippen molar-refractivity contribution in [2.45, 2.75) is 32.4 Å². The number of likely N-dealkylation sites (N-methyl/N-ethyl adjacent to an activating group) is 1. The molecule has 0 radical (unpaired) electrons. The molecule has 0 unspecified atom stereocenters. The summed E-state index contributed by atoms with van der Waals surface area (Å²) >= 11 is 0. The maximum atomic E-state index is 12.8. The van der Waals surface area contributed by atoms with Crippen LogP contribution in [0.3, 0.4) is 0 Å². The van der Waals surface area contributed by atoms with Gasteiger partial charge in [0.15, 0.2) is 0 Å². The number of carbonyl (C=O) groups is 2. The molecular weight excluding hydrogens is 370 g/mol. The Morgan fingerprint density at radius 2 is 1.79 bits per heavy atom. The number of piperidine rings is 1. The third kappa shape index (κ3) is 5.77. The Balaban J connectivity index is 1.51. The van der Waals surface area contributed by atoms with Gasteiger partial charge in [-0.25, -0.2) is 0 Å². The Morgan fingerprint density at radius 1 is 1.14 bits per heavy atom. The Kier molecular flexibility index (Phi) is 7.19. The molecule has 0 aliphatic carbocycles. The molecular formula is C22H27N3O4. The summed E-state index contributed by atoms with van der Waals surface area (Å²) in [6.07, 6.45) is 5.04. The number of carboxylic acid groups (broad SMARTS) is 1. The van der Waals surface area contributed by atoms with Crippen LogP contribution in [0.15, 0.2) is 48.8 Å². The Bertz CT molecular complexity index is 803. The second-order valence-electron chi connectivity index (χ2n) is 7.15. The summed E-state index contributed by atoms with van der Waals surface area (Å²) in [5.41, 5.74) is 1.67. The van der Waals surface area contributed by atoms with E-state index in [1.807, 2.05) is 41.0 Å². The molecule has 1 aromatic carbocycles. The predicted octanol–water partition coefficient (Wildman–Crippen LogP) is 2.67. The van der Waals surface area contributed by atoms with Crippen molar-refractivity contribution in [1.82, 2.24) is 14.8 Å². The van der Waals surface area contributed by atoms with Crippen LogP contribution in [0, 0.1) is 0 Å². The first kappa shape index (κ1) is 20.8. The third-order valence-electron chi connectivity index (χ3n) is 5.27. The lowest BCUT2D eigenvalue weighted by molar-refractivity contribution is -0.139. The molecule has 0 atom stereocenters. The van der Waals surface area contributed by atoms with E-state index in [0.717, 1.165) is 18.4 Å². The molecule has 1 aliphatic rings. The molecule has 1 saturated heterocycles. The molecule has 0 bridgehead atoms. The van der Waals surface area contributed by atoms with Crippen molar-refractivity contribution in [3.05, 3.63) is 59.9 Å². The summed E-state index contributed by atoms with van der Waals surface area (Å²) in [7, 11) is 0. The second kappa shape index (κ2) is 10.0. The van der Waals surface area contributed by atoms with Gasteiger partial charge in [-0.2, -0.15) is 0 Å². The zero-order valence-corrected chi connectivity index (χ0v) is 16.7. The highest BCUT2D eigenvalue weighted by molar-refractivity contribution is 5.94. The highest BCUT2D eigenvalue weighted by atomic mass is 16.5. The monoisotopic (exact) mass is 397 g/mol. The first-order valence-corrected chi connectivity index (χ1v) is 9.93. The highest BCUT2D eigenvalue weighted by Gasteiger charge is 2.27. The number of pyridine rings is 1. The zero-order chi connectivity index (χ0) is 20.6. The molecule has 0 saturated carbocycles. The number of amides is 1. The number of benzene rings is 1. The van der Waals surface area contributed by atoms with Crippen LogP contribution in [0.1, 0.15) is 35.7 Å². The van der Waals surface area contributed by atoms with Crippen LogP contribution in [0.2, 0.25) is 0 Å². The van der Waals surface area contributed by atoms with E-state index >= 15 is 0 Å². The lowest BCUT2D eigenvalue weighted by atomic mass is 10.0. The second-order valence-corrected chi connectivity index (χ2v) is 7.15. The van der Waals surface area contributed by atoms with Crippen LogP contribution in [0.4, 0.5) is 0 Å². The van der Waals surface area contributed by atoms with Crippen molar-refractivity contribution in [2.75, 3.05) is 26.2 Å². The molecule has 1 aromatic heterocycles. The van der Waals surface area contributed by atoms with Crippen molar-refractivity contribution in [2.24, 2.45) is 0 Å². The molecule has 1 amide bonds. The van der Waals surface area contributed by atoms with Gasteiger partial charge in [-0.1, -0.05) is 6.92 Å². The van der Waals surface area contributed by atoms with E-state index < -0.39 is 5.97 Å². The summed E-state index contributed by atoms with van der Waals surface area (Å²) < 4.78 is 5.75. The van der Waals surface area contributed by atoms with Crippen molar-refractivity contribution in [1.29, 1.82) is 0 Å². The lowest BCUT2D eigenvalue weighted by Crippen LogP contribution is -2.48. The fraction of sp³-hybridized carbons (Fsp3) is 0.409. The van der Waals surface area contributed by atoms with Crippen molar-refractivity contribution < 1.29 is 19.4 Å². The number of nitrogens with zero attached hydrogens (tertiary/aromatic N) is 3. The van der Waals surface area contributed by atoms with Gasteiger partial charge in [-0.05, 0) is 61.3 Å². The number of rotatable bonds is 8. The van der Waals surface area contributed by atoms with Crippen molar-refractivity contribution in [3.63, 3.8) is 0 Å². The average Bonchev–Trinajstić information content (AvgIpc) is 2.76. The number of ether oxygens (including phenoxy) is 1. The minimum Gasteiger partial charge on any atom is -0.489 e. The maximum absolute atomic E-state index is 12.8. The van der Waals surface area contributed by atoms with Gasteiger partial charge in [0.2, 0.25) is 0 Å². The first-order valence-electron chi connectivity index (χ1n) is 9.93. The van der Waals surface area contributed by atoms with Crippen molar-refractivity contribution >= 4 is 11.9 Å². The minimum atomic E-state index is -0.809. The van der Waals surface area contributed by atoms with Crippen molar-refractivity contribution in [3.8, 4) is 5.75 Å². The zero-order valence-electron chi connectivity index (χ0n) is 16.7. The summed E-state index contributed by atoms with van der Waals surface area (Å²) in [4.78, 5) is 31.6. The van der Waals surface area contributed by atoms with Gasteiger partial charge >= 0.3 is 5.97 Å². The number of likely N-dealkylation sites (tertiary alicyclic amines) is 1. The standard InChI is InChI=1S/C22H27N3O4/c1-2-24(15-21(26)27)19-9-13-25(14-10-19)22(28)18-3-5-20(6-4-18)29-16-17-7-11-23-12-8-17/h3-8,11-12,19H,2,9-10,13-16H2,1H3,(H,26,27). The molecule has 1 N–H and O–H groups in total. The summed E-state index contributed by atoms with van der Waals surface area (Å²) in [5, 5.41) is 9.04. The van der Waals surface area contributed by atoms with Gasteiger partial charge < -0.3 is 14.7 Å². The number of hydrogen-bond donors (Lipinski definition) is 1. The Morgan fingerprint density at radius 3 is 2.38 bits per heavy atom. The van der Waals surface area contributed by atoms with E-state index in [2.05, 4.69) is 4.98 Å². The first-order chi connectivity index (χ1) is 14.1. The Hall–Kier alpha value is -2.93. The molecule has 0 spiro atoms. The SMILES string of the molecule is CCN(CC(=O)O)C1CCN(C(=O)c2ccc(OCc3ccncc3)cc2)CC1.